The maximum atomic E-state index is 12.9. The summed E-state index contributed by atoms with van der Waals surface area (Å²) in [5.41, 5.74) is 1.42. The number of carbonyl (C=O) groups is 1. The monoisotopic (exact) mass is 820 g/mol. The average molecular weight is 821 g/mol. The summed E-state index contributed by atoms with van der Waals surface area (Å²) in [6.07, 6.45) is 0. The zero-order chi connectivity index (χ0) is 37.1. The number of carbonyl (C=O) groups excluding carboxylic acids is 1. The molecule has 0 aliphatic carbocycles. The number of ether oxygens (including phenoxy) is 1. The van der Waals surface area contributed by atoms with E-state index >= 15 is 0 Å². The number of rotatable bonds is 10. The fourth-order valence-electron chi connectivity index (χ4n) is 4.65. The maximum Gasteiger partial charge on any atom is 1.00 e. The predicted molar refractivity (Wildman–Crippen MR) is 179 cm³/mol. The zero-order valence-electron chi connectivity index (χ0n) is 29.2. The summed E-state index contributed by atoms with van der Waals surface area (Å²) in [4.78, 5) is 10.9. The van der Waals surface area contributed by atoms with Gasteiger partial charge < -0.3 is 29.0 Å². The molecule has 0 aliphatic heterocycles. The van der Waals surface area contributed by atoms with Crippen molar-refractivity contribution in [1.29, 1.82) is 0 Å². The van der Waals surface area contributed by atoms with Crippen LogP contribution in [0.4, 0.5) is 38.9 Å². The van der Waals surface area contributed by atoms with E-state index < -0.39 is 51.1 Å². The van der Waals surface area contributed by atoms with Gasteiger partial charge in [-0.3, -0.25) is 0 Å². The molecule has 0 radical (unpaired) electrons. The number of fused-ring (bicyclic) bond motifs is 1. The average Bonchev–Trinajstić information content (AvgIpc) is 3.06. The van der Waals surface area contributed by atoms with Crippen LogP contribution in [0.5, 0.6) is 5.75 Å². The van der Waals surface area contributed by atoms with Crippen LogP contribution in [0.2, 0.25) is 0 Å². The molecule has 264 valence electrons. The molecule has 17 nitrogen and oxygen atoms in total. The predicted octanol–water partition coefficient (Wildman–Crippen LogP) is -2.64. The van der Waals surface area contributed by atoms with Crippen LogP contribution in [0, 0.1) is 6.92 Å². The van der Waals surface area contributed by atoms with Crippen molar-refractivity contribution in [3.05, 3.63) is 96.6 Å². The van der Waals surface area contributed by atoms with Crippen molar-refractivity contribution in [3.8, 4) is 5.75 Å². The van der Waals surface area contributed by atoms with E-state index in [1.165, 1.54) is 49.6 Å². The molecule has 2 amide bonds. The number of benzene rings is 5. The van der Waals surface area contributed by atoms with Crippen molar-refractivity contribution in [3.63, 3.8) is 0 Å². The first kappa shape index (κ1) is 47.5. The molecule has 0 heterocycles. The number of hydrogen-bond donors (Lipinski definition) is 2. The molecule has 5 rings (SSSR count). The number of hydrogen-bond acceptors (Lipinski definition) is 15. The molecule has 5 aromatic rings. The summed E-state index contributed by atoms with van der Waals surface area (Å²) in [7, 11) is -13.5. The molecule has 0 bridgehead atoms. The number of nitrogens with zero attached hydrogens (tertiary/aromatic N) is 4. The number of urea groups is 1. The van der Waals surface area contributed by atoms with Crippen LogP contribution in [0.25, 0.3) is 10.8 Å². The van der Waals surface area contributed by atoms with Gasteiger partial charge in [-0.05, 0) is 73.2 Å². The molecule has 5 aromatic carbocycles. The summed E-state index contributed by atoms with van der Waals surface area (Å²) >= 11 is 0. The van der Waals surface area contributed by atoms with Crippen molar-refractivity contribution < 1.29 is 137 Å². The topological polar surface area (TPSA) is 271 Å². The number of aryl methyl sites for hydroxylation is 1. The van der Waals surface area contributed by atoms with Gasteiger partial charge in [-0.1, -0.05) is 24.3 Å². The van der Waals surface area contributed by atoms with Gasteiger partial charge in [-0.25, -0.2) is 30.0 Å². The van der Waals surface area contributed by atoms with Crippen molar-refractivity contribution in [2.24, 2.45) is 20.5 Å². The summed E-state index contributed by atoms with van der Waals surface area (Å²) in [5, 5.41) is 20.7. The fourth-order valence-corrected chi connectivity index (χ4v) is 6.55. The van der Waals surface area contributed by atoms with E-state index in [9.17, 15) is 43.7 Å². The summed E-state index contributed by atoms with van der Waals surface area (Å²) in [6.45, 7) is 1.67. The second kappa shape index (κ2) is 19.5. The van der Waals surface area contributed by atoms with Crippen LogP contribution >= 0.6 is 0 Å². The van der Waals surface area contributed by atoms with Gasteiger partial charge in [0.2, 0.25) is 0 Å². The van der Waals surface area contributed by atoms with Gasteiger partial charge in [0.25, 0.3) is 0 Å². The van der Waals surface area contributed by atoms with E-state index in [1.807, 2.05) is 0 Å². The van der Waals surface area contributed by atoms with Crippen LogP contribution in [0.3, 0.4) is 0 Å². The van der Waals surface area contributed by atoms with Gasteiger partial charge in [0, 0.05) is 22.5 Å². The maximum absolute atomic E-state index is 12.9. The van der Waals surface area contributed by atoms with E-state index in [4.69, 9.17) is 4.74 Å². The fraction of sp³-hybridized carbons (Fsp3) is 0.0645. The van der Waals surface area contributed by atoms with Crippen molar-refractivity contribution in [2.45, 2.75) is 21.6 Å². The summed E-state index contributed by atoms with van der Waals surface area (Å²) < 4.78 is 111. The molecule has 54 heavy (non-hydrogen) atoms. The summed E-state index contributed by atoms with van der Waals surface area (Å²) in [6, 6.07) is 18.6. The number of amides is 2. The quantitative estimate of drug-likeness (QED) is 0.0835. The molecule has 0 atom stereocenters. The van der Waals surface area contributed by atoms with Gasteiger partial charge in [0.05, 0.1) is 50.2 Å². The Balaban J connectivity index is 0.00000336. The van der Waals surface area contributed by atoms with E-state index in [1.54, 1.807) is 19.1 Å². The van der Waals surface area contributed by atoms with E-state index in [-0.39, 0.29) is 139 Å². The largest absolute Gasteiger partial charge is 1.00 e. The third-order valence-corrected chi connectivity index (χ3v) is 9.60. The Labute approximate surface area is 376 Å². The third-order valence-electron chi connectivity index (χ3n) is 7.00. The molecule has 0 aromatic heterocycles. The molecule has 23 heteroatoms. The Morgan fingerprint density at radius 1 is 0.611 bits per heavy atom. The summed E-state index contributed by atoms with van der Waals surface area (Å²) in [5.74, 6) is 0.193. The van der Waals surface area contributed by atoms with Gasteiger partial charge >= 0.3 is 94.7 Å². The Kier molecular flexibility index (Phi) is 17.1. The third kappa shape index (κ3) is 12.2. The number of nitrogens with one attached hydrogen (secondary N) is 2. The SMILES string of the molecule is COc1cc(N=Nc2cccc(S(=O)(=O)[O-])c2)ccc1NC(=O)Nc1ccc(C)c(N=Nc2cc(S(=O)(=O)[O-])c3cccc(S(=O)(=O)[O-])c3c2)c1.[Na+].[Na+].[Na+]. The first-order valence-electron chi connectivity index (χ1n) is 14.2. The van der Waals surface area contributed by atoms with Crippen LogP contribution in [-0.2, 0) is 30.4 Å². The smallest absolute Gasteiger partial charge is 0.744 e. The Hall–Kier alpha value is -2.64. The van der Waals surface area contributed by atoms with Crippen LogP contribution in [-0.4, -0.2) is 52.1 Å². The van der Waals surface area contributed by atoms with E-state index in [0.717, 1.165) is 36.4 Å². The minimum atomic E-state index is -5.13. The molecule has 0 fully saturated rings. The van der Waals surface area contributed by atoms with Gasteiger partial charge in [-0.2, -0.15) is 20.5 Å². The minimum absolute atomic E-state index is 0. The van der Waals surface area contributed by atoms with Gasteiger partial charge in [0.1, 0.15) is 36.1 Å². The van der Waals surface area contributed by atoms with Crippen molar-refractivity contribution >= 4 is 81.3 Å². The van der Waals surface area contributed by atoms with E-state index in [2.05, 4.69) is 31.1 Å². The molecule has 0 saturated carbocycles. The van der Waals surface area contributed by atoms with Crippen LogP contribution in [0.1, 0.15) is 5.56 Å². The second-order valence-electron chi connectivity index (χ2n) is 10.5. The van der Waals surface area contributed by atoms with Crippen LogP contribution < -0.4 is 104 Å². The Morgan fingerprint density at radius 2 is 1.24 bits per heavy atom. The van der Waals surface area contributed by atoms with Crippen molar-refractivity contribution in [1.82, 2.24) is 0 Å². The van der Waals surface area contributed by atoms with Gasteiger partial charge in [-0.15, -0.1) is 0 Å². The second-order valence-corrected chi connectivity index (χ2v) is 14.6. The number of azo groups is 2. The molecule has 2 N–H and O–H groups in total. The zero-order valence-corrected chi connectivity index (χ0v) is 37.6. The van der Waals surface area contributed by atoms with E-state index in [0.29, 0.717) is 5.56 Å². The Bertz CT molecular complexity index is 2610. The minimum Gasteiger partial charge on any atom is -0.744 e. The molecule has 0 unspecified atom stereocenters. The van der Waals surface area contributed by atoms with Crippen LogP contribution in [0.15, 0.2) is 126 Å². The molecular weight excluding hydrogens is 798 g/mol. The number of anilines is 2. The molecule has 0 aliphatic rings. The molecule has 0 saturated heterocycles. The van der Waals surface area contributed by atoms with Gasteiger partial charge in [0.15, 0.2) is 0 Å². The molecular formula is C31H23N6Na3O11S3. The number of methoxy groups -OCH3 is 1. The standard InChI is InChI=1S/C31H26N6O11S3.3Na/c1-18-9-10-19(15-27(18)37-36-22-14-25-24(30(17-22)51(45,46)47)7-4-8-29(25)50(42,43)44)32-31(38)33-26-12-11-21(16-28(26)48-2)35-34-20-5-3-6-23(13-20)49(39,40)41;;;/h3-17H,1-2H3,(H2,32,33,38)(H,39,40,41)(H,42,43,44)(H,45,46,47);;;/q;3*+1/p-3. The Morgan fingerprint density at radius 3 is 1.87 bits per heavy atom. The first-order valence-corrected chi connectivity index (χ1v) is 18.4. The molecule has 0 spiro atoms. The van der Waals surface area contributed by atoms with Crippen molar-refractivity contribution in [2.75, 3.05) is 17.7 Å². The first-order chi connectivity index (χ1) is 23.9. The normalized spacial score (nSPS) is 11.7.